The molecule has 4 rings (SSSR count). The van der Waals surface area contributed by atoms with E-state index in [2.05, 4.69) is 33.1 Å². The molecule has 0 spiro atoms. The normalized spacial score (nSPS) is 17.6. The predicted octanol–water partition coefficient (Wildman–Crippen LogP) is 3.16. The van der Waals surface area contributed by atoms with Gasteiger partial charge in [-0.25, -0.2) is 0 Å². The van der Waals surface area contributed by atoms with Crippen molar-refractivity contribution >= 4 is 21.6 Å². The number of fused-ring (bicyclic) bond motifs is 1. The summed E-state index contributed by atoms with van der Waals surface area (Å²) >= 11 is 1.68. The van der Waals surface area contributed by atoms with Crippen LogP contribution in [0.1, 0.15) is 24.7 Å². The van der Waals surface area contributed by atoms with Crippen molar-refractivity contribution in [2.75, 3.05) is 20.1 Å². The first-order chi connectivity index (χ1) is 10.3. The van der Waals surface area contributed by atoms with Crippen LogP contribution in [0, 0.1) is 0 Å². The van der Waals surface area contributed by atoms with Crippen molar-refractivity contribution in [1.29, 1.82) is 0 Å². The SMILES string of the molecule is CN1CCC(c2nc(-c3cnc4ccsc4c3)no2)CC1. The van der Waals surface area contributed by atoms with E-state index in [4.69, 9.17) is 4.52 Å². The second-order valence-electron chi connectivity index (χ2n) is 5.56. The number of nitrogens with zero attached hydrogens (tertiary/aromatic N) is 4. The van der Waals surface area contributed by atoms with Gasteiger partial charge in [0.25, 0.3) is 0 Å². The molecular formula is C15H16N4OS. The number of thiophene rings is 1. The fourth-order valence-electron chi connectivity index (χ4n) is 2.74. The van der Waals surface area contributed by atoms with E-state index in [9.17, 15) is 0 Å². The number of hydrogen-bond acceptors (Lipinski definition) is 6. The summed E-state index contributed by atoms with van der Waals surface area (Å²) in [5.74, 6) is 1.80. The average molecular weight is 300 g/mol. The van der Waals surface area contributed by atoms with Crippen LogP contribution in [0.5, 0.6) is 0 Å². The molecule has 1 aliphatic rings. The lowest BCUT2D eigenvalue weighted by Gasteiger charge is -2.26. The fourth-order valence-corrected chi connectivity index (χ4v) is 3.52. The maximum absolute atomic E-state index is 5.48. The van der Waals surface area contributed by atoms with Gasteiger partial charge in [-0.15, -0.1) is 11.3 Å². The topological polar surface area (TPSA) is 55.1 Å². The van der Waals surface area contributed by atoms with Gasteiger partial charge in [0.05, 0.1) is 10.2 Å². The highest BCUT2D eigenvalue weighted by atomic mass is 32.1. The largest absolute Gasteiger partial charge is 0.339 e. The van der Waals surface area contributed by atoms with E-state index in [1.165, 1.54) is 0 Å². The molecule has 0 aliphatic carbocycles. The van der Waals surface area contributed by atoms with Crippen LogP contribution in [-0.2, 0) is 0 Å². The Morgan fingerprint density at radius 3 is 3.05 bits per heavy atom. The molecule has 108 valence electrons. The quantitative estimate of drug-likeness (QED) is 0.727. The number of rotatable bonds is 2. The van der Waals surface area contributed by atoms with Crippen molar-refractivity contribution in [3.63, 3.8) is 0 Å². The maximum Gasteiger partial charge on any atom is 0.230 e. The van der Waals surface area contributed by atoms with Crippen LogP contribution in [-0.4, -0.2) is 40.2 Å². The Kier molecular flexibility index (Phi) is 3.20. The molecule has 6 heteroatoms. The van der Waals surface area contributed by atoms with Crippen molar-refractivity contribution in [2.45, 2.75) is 18.8 Å². The molecule has 0 unspecified atom stereocenters. The minimum absolute atomic E-state index is 0.390. The highest BCUT2D eigenvalue weighted by Crippen LogP contribution is 2.29. The molecule has 0 aromatic carbocycles. The molecule has 3 aromatic rings. The molecule has 0 amide bonds. The van der Waals surface area contributed by atoms with Crippen molar-refractivity contribution in [2.24, 2.45) is 0 Å². The molecule has 3 aromatic heterocycles. The molecule has 1 fully saturated rings. The fraction of sp³-hybridized carbons (Fsp3) is 0.400. The Hall–Kier alpha value is -1.79. The van der Waals surface area contributed by atoms with Crippen molar-refractivity contribution in [3.05, 3.63) is 29.6 Å². The Morgan fingerprint density at radius 2 is 2.19 bits per heavy atom. The number of aromatic nitrogens is 3. The van der Waals surface area contributed by atoms with Gasteiger partial charge in [-0.2, -0.15) is 4.98 Å². The van der Waals surface area contributed by atoms with Gasteiger partial charge < -0.3 is 9.42 Å². The summed E-state index contributed by atoms with van der Waals surface area (Å²) < 4.78 is 6.63. The van der Waals surface area contributed by atoms with E-state index in [0.29, 0.717) is 11.7 Å². The third-order valence-electron chi connectivity index (χ3n) is 4.07. The van der Waals surface area contributed by atoms with E-state index in [0.717, 1.165) is 47.6 Å². The smallest absolute Gasteiger partial charge is 0.230 e. The molecule has 0 saturated carbocycles. The second kappa shape index (κ2) is 5.20. The van der Waals surface area contributed by atoms with Gasteiger partial charge in [0.2, 0.25) is 11.7 Å². The van der Waals surface area contributed by atoms with Gasteiger partial charge >= 0.3 is 0 Å². The average Bonchev–Trinajstić information content (AvgIpc) is 3.16. The molecule has 4 heterocycles. The number of pyridine rings is 1. The number of piperidine rings is 1. The predicted molar refractivity (Wildman–Crippen MR) is 82.4 cm³/mol. The van der Waals surface area contributed by atoms with Gasteiger partial charge in [-0.05, 0) is 50.5 Å². The molecule has 0 N–H and O–H groups in total. The summed E-state index contributed by atoms with van der Waals surface area (Å²) in [6.07, 6.45) is 3.99. The number of likely N-dealkylation sites (tertiary alicyclic amines) is 1. The van der Waals surface area contributed by atoms with Crippen LogP contribution < -0.4 is 0 Å². The molecule has 0 bridgehead atoms. The van der Waals surface area contributed by atoms with E-state index < -0.39 is 0 Å². The summed E-state index contributed by atoms with van der Waals surface area (Å²) in [4.78, 5) is 11.4. The molecule has 1 saturated heterocycles. The third-order valence-corrected chi connectivity index (χ3v) is 4.92. The third kappa shape index (κ3) is 2.45. The highest BCUT2D eigenvalue weighted by Gasteiger charge is 2.24. The zero-order valence-electron chi connectivity index (χ0n) is 11.8. The van der Waals surface area contributed by atoms with Crippen molar-refractivity contribution in [3.8, 4) is 11.4 Å². The van der Waals surface area contributed by atoms with E-state index in [1.807, 2.05) is 17.6 Å². The van der Waals surface area contributed by atoms with Gasteiger partial charge in [0.1, 0.15) is 0 Å². The lowest BCUT2D eigenvalue weighted by molar-refractivity contribution is 0.227. The zero-order valence-corrected chi connectivity index (χ0v) is 12.6. The van der Waals surface area contributed by atoms with Crippen LogP contribution in [0.25, 0.3) is 21.6 Å². The Balaban J connectivity index is 1.61. The standard InChI is InChI=1S/C15H16N4OS/c1-19-5-2-10(3-6-19)15-17-14(18-20-15)11-8-13-12(16-9-11)4-7-21-13/h4,7-10H,2-3,5-6H2,1H3. The van der Waals surface area contributed by atoms with Crippen LogP contribution in [0.2, 0.25) is 0 Å². The lowest BCUT2D eigenvalue weighted by atomic mass is 9.97. The summed E-state index contributed by atoms with van der Waals surface area (Å²) in [6.45, 7) is 2.18. The van der Waals surface area contributed by atoms with Gasteiger partial charge in [-0.1, -0.05) is 5.16 Å². The van der Waals surface area contributed by atoms with Crippen molar-refractivity contribution in [1.82, 2.24) is 20.0 Å². The molecule has 0 radical (unpaired) electrons. The highest BCUT2D eigenvalue weighted by molar-refractivity contribution is 7.17. The van der Waals surface area contributed by atoms with Crippen LogP contribution in [0.4, 0.5) is 0 Å². The molecular weight excluding hydrogens is 284 g/mol. The first-order valence-corrected chi connectivity index (χ1v) is 8.03. The van der Waals surface area contributed by atoms with Crippen LogP contribution >= 0.6 is 11.3 Å². The summed E-state index contributed by atoms with van der Waals surface area (Å²) in [7, 11) is 2.15. The first-order valence-electron chi connectivity index (χ1n) is 7.15. The van der Waals surface area contributed by atoms with E-state index >= 15 is 0 Å². The van der Waals surface area contributed by atoms with E-state index in [-0.39, 0.29) is 0 Å². The molecule has 1 aliphatic heterocycles. The van der Waals surface area contributed by atoms with Crippen LogP contribution in [0.15, 0.2) is 28.2 Å². The Bertz CT molecular complexity index is 758. The molecule has 5 nitrogen and oxygen atoms in total. The summed E-state index contributed by atoms with van der Waals surface area (Å²) in [6, 6.07) is 4.10. The zero-order chi connectivity index (χ0) is 14.2. The number of hydrogen-bond donors (Lipinski definition) is 0. The van der Waals surface area contributed by atoms with E-state index in [1.54, 1.807) is 11.3 Å². The van der Waals surface area contributed by atoms with Crippen LogP contribution in [0.3, 0.4) is 0 Å². The molecule has 0 atom stereocenters. The summed E-state index contributed by atoms with van der Waals surface area (Å²) in [5, 5.41) is 6.18. The van der Waals surface area contributed by atoms with Gasteiger partial charge in [0, 0.05) is 17.7 Å². The second-order valence-corrected chi connectivity index (χ2v) is 6.51. The minimum atomic E-state index is 0.390. The van der Waals surface area contributed by atoms with Crippen molar-refractivity contribution < 1.29 is 4.52 Å². The lowest BCUT2D eigenvalue weighted by Crippen LogP contribution is -2.29. The monoisotopic (exact) mass is 300 g/mol. The Morgan fingerprint density at radius 1 is 1.33 bits per heavy atom. The minimum Gasteiger partial charge on any atom is -0.339 e. The Labute approximate surface area is 126 Å². The van der Waals surface area contributed by atoms with Gasteiger partial charge in [-0.3, -0.25) is 4.98 Å². The molecule has 21 heavy (non-hydrogen) atoms. The van der Waals surface area contributed by atoms with Gasteiger partial charge in [0.15, 0.2) is 0 Å². The first kappa shape index (κ1) is 12.9. The maximum atomic E-state index is 5.48. The summed E-state index contributed by atoms with van der Waals surface area (Å²) in [5.41, 5.74) is 1.94.